The van der Waals surface area contributed by atoms with Gasteiger partial charge in [-0.2, -0.15) is 0 Å². The summed E-state index contributed by atoms with van der Waals surface area (Å²) in [5.41, 5.74) is 2.14. The molecule has 1 aliphatic rings. The van der Waals surface area contributed by atoms with Crippen LogP contribution in [0, 0.1) is 19.8 Å². The van der Waals surface area contributed by atoms with Gasteiger partial charge >= 0.3 is 0 Å². The zero-order chi connectivity index (χ0) is 23.1. The van der Waals surface area contributed by atoms with Crippen LogP contribution in [0.4, 0.5) is 5.69 Å². The Morgan fingerprint density at radius 3 is 2.41 bits per heavy atom. The highest BCUT2D eigenvalue weighted by atomic mass is 32.2. The lowest BCUT2D eigenvalue weighted by molar-refractivity contribution is -0.125. The normalized spacial score (nSPS) is 14.6. The zero-order valence-electron chi connectivity index (χ0n) is 18.6. The molecule has 0 atom stereocenters. The number of nitrogens with one attached hydrogen (secondary N) is 3. The lowest BCUT2D eigenvalue weighted by Crippen LogP contribution is -2.38. The van der Waals surface area contributed by atoms with Crippen LogP contribution < -0.4 is 15.4 Å². The molecule has 0 aliphatic heterocycles. The molecule has 3 N–H and O–H groups in total. The molecule has 172 valence electrons. The van der Waals surface area contributed by atoms with Crippen molar-refractivity contribution in [2.24, 2.45) is 5.92 Å². The SMILES string of the molecule is Cc1ccc(C)c(S(=O)(=O)Nc2cccc(C(=O)NCCNC(=O)C3CCCCC3)c2)c1. The molecule has 7 nitrogen and oxygen atoms in total. The minimum absolute atomic E-state index is 0.0572. The van der Waals surface area contributed by atoms with Gasteiger partial charge in [0.1, 0.15) is 0 Å². The maximum atomic E-state index is 12.8. The van der Waals surface area contributed by atoms with Crippen LogP contribution in [-0.4, -0.2) is 33.3 Å². The van der Waals surface area contributed by atoms with Gasteiger partial charge in [0.15, 0.2) is 0 Å². The third-order valence-electron chi connectivity index (χ3n) is 5.70. The van der Waals surface area contributed by atoms with Crippen LogP contribution in [0.25, 0.3) is 0 Å². The van der Waals surface area contributed by atoms with Crippen molar-refractivity contribution in [1.82, 2.24) is 10.6 Å². The summed E-state index contributed by atoms with van der Waals surface area (Å²) in [5, 5.41) is 5.65. The van der Waals surface area contributed by atoms with E-state index in [0.29, 0.717) is 29.9 Å². The van der Waals surface area contributed by atoms with Crippen molar-refractivity contribution < 1.29 is 18.0 Å². The number of carbonyl (C=O) groups is 2. The van der Waals surface area contributed by atoms with E-state index in [0.717, 1.165) is 31.2 Å². The first kappa shape index (κ1) is 23.8. The second kappa shape index (κ2) is 10.6. The van der Waals surface area contributed by atoms with Gasteiger partial charge in [-0.05, 0) is 62.1 Å². The average molecular weight is 458 g/mol. The van der Waals surface area contributed by atoms with Crippen LogP contribution in [0.3, 0.4) is 0 Å². The maximum absolute atomic E-state index is 12.8. The summed E-state index contributed by atoms with van der Waals surface area (Å²) in [6.07, 6.45) is 5.25. The van der Waals surface area contributed by atoms with Gasteiger partial charge in [-0.25, -0.2) is 8.42 Å². The van der Waals surface area contributed by atoms with E-state index in [2.05, 4.69) is 15.4 Å². The van der Waals surface area contributed by atoms with Crippen molar-refractivity contribution in [3.8, 4) is 0 Å². The first-order valence-corrected chi connectivity index (χ1v) is 12.5. The summed E-state index contributed by atoms with van der Waals surface area (Å²) in [5.74, 6) is -0.187. The van der Waals surface area contributed by atoms with E-state index in [1.54, 1.807) is 37.3 Å². The number of anilines is 1. The van der Waals surface area contributed by atoms with E-state index in [1.807, 2.05) is 13.0 Å². The van der Waals surface area contributed by atoms with Gasteiger partial charge in [0.05, 0.1) is 4.90 Å². The van der Waals surface area contributed by atoms with Gasteiger partial charge in [0.2, 0.25) is 5.91 Å². The first-order chi connectivity index (χ1) is 15.3. The van der Waals surface area contributed by atoms with E-state index in [9.17, 15) is 18.0 Å². The van der Waals surface area contributed by atoms with Gasteiger partial charge in [0.25, 0.3) is 15.9 Å². The molecular weight excluding hydrogens is 426 g/mol. The predicted molar refractivity (Wildman–Crippen MR) is 125 cm³/mol. The Morgan fingerprint density at radius 2 is 1.66 bits per heavy atom. The molecule has 2 amide bonds. The Morgan fingerprint density at radius 1 is 0.938 bits per heavy atom. The summed E-state index contributed by atoms with van der Waals surface area (Å²) in [6, 6.07) is 11.6. The fraction of sp³-hybridized carbons (Fsp3) is 0.417. The number of aryl methyl sites for hydroxylation is 2. The molecule has 2 aromatic rings. The van der Waals surface area contributed by atoms with Gasteiger partial charge in [-0.3, -0.25) is 14.3 Å². The van der Waals surface area contributed by atoms with Crippen molar-refractivity contribution in [3.05, 3.63) is 59.2 Å². The average Bonchev–Trinajstić information content (AvgIpc) is 2.78. The Hall–Kier alpha value is -2.87. The number of hydrogen-bond donors (Lipinski definition) is 3. The quantitative estimate of drug-likeness (QED) is 0.528. The Bertz CT molecular complexity index is 1080. The zero-order valence-corrected chi connectivity index (χ0v) is 19.4. The molecule has 1 fully saturated rings. The van der Waals surface area contributed by atoms with Crippen molar-refractivity contribution in [2.45, 2.75) is 50.8 Å². The Kier molecular flexibility index (Phi) is 7.90. The van der Waals surface area contributed by atoms with Crippen molar-refractivity contribution in [2.75, 3.05) is 17.8 Å². The molecule has 0 unspecified atom stereocenters. The first-order valence-electron chi connectivity index (χ1n) is 11.0. The topological polar surface area (TPSA) is 104 Å². The molecule has 0 radical (unpaired) electrons. The molecule has 3 rings (SSSR count). The maximum Gasteiger partial charge on any atom is 0.262 e. The van der Waals surface area contributed by atoms with Crippen LogP contribution in [0.2, 0.25) is 0 Å². The lowest BCUT2D eigenvalue weighted by atomic mass is 9.89. The van der Waals surface area contributed by atoms with E-state index < -0.39 is 10.0 Å². The molecule has 0 heterocycles. The standard InChI is InChI=1S/C24H31N3O4S/c1-17-11-12-18(2)22(15-17)32(30,31)27-21-10-6-9-20(16-21)24(29)26-14-13-25-23(28)19-7-4-3-5-8-19/h6,9-12,15-16,19,27H,3-5,7-8,13-14H2,1-2H3,(H,25,28)(H,26,29). The van der Waals surface area contributed by atoms with Crippen molar-refractivity contribution >= 4 is 27.5 Å². The third-order valence-corrected chi connectivity index (χ3v) is 7.22. The minimum Gasteiger partial charge on any atom is -0.354 e. The molecule has 1 aliphatic carbocycles. The molecule has 0 aromatic heterocycles. The van der Waals surface area contributed by atoms with E-state index in [4.69, 9.17) is 0 Å². The minimum atomic E-state index is -3.78. The summed E-state index contributed by atoms with van der Waals surface area (Å²) in [7, 11) is -3.78. The Labute approximate surface area is 190 Å². The smallest absolute Gasteiger partial charge is 0.262 e. The number of benzene rings is 2. The van der Waals surface area contributed by atoms with Crippen molar-refractivity contribution in [3.63, 3.8) is 0 Å². The number of carbonyl (C=O) groups excluding carboxylic acids is 2. The highest BCUT2D eigenvalue weighted by Gasteiger charge is 2.21. The highest BCUT2D eigenvalue weighted by Crippen LogP contribution is 2.23. The van der Waals surface area contributed by atoms with E-state index >= 15 is 0 Å². The lowest BCUT2D eigenvalue weighted by Gasteiger charge is -2.20. The highest BCUT2D eigenvalue weighted by molar-refractivity contribution is 7.92. The summed E-state index contributed by atoms with van der Waals surface area (Å²) in [4.78, 5) is 24.8. The van der Waals surface area contributed by atoms with Gasteiger partial charge in [-0.15, -0.1) is 0 Å². The summed E-state index contributed by atoms with van der Waals surface area (Å²) < 4.78 is 28.2. The Balaban J connectivity index is 1.55. The fourth-order valence-electron chi connectivity index (χ4n) is 3.90. The van der Waals surface area contributed by atoms with Gasteiger partial charge in [0, 0.05) is 30.3 Å². The van der Waals surface area contributed by atoms with Crippen LogP contribution in [0.1, 0.15) is 53.6 Å². The molecule has 8 heteroatoms. The molecule has 0 bridgehead atoms. The molecule has 0 spiro atoms. The summed E-state index contributed by atoms with van der Waals surface area (Å²) >= 11 is 0. The number of hydrogen-bond acceptors (Lipinski definition) is 4. The number of rotatable bonds is 8. The number of amides is 2. The largest absolute Gasteiger partial charge is 0.354 e. The van der Waals surface area contributed by atoms with Crippen LogP contribution in [-0.2, 0) is 14.8 Å². The van der Waals surface area contributed by atoms with Crippen LogP contribution in [0.5, 0.6) is 0 Å². The predicted octanol–water partition coefficient (Wildman–Crippen LogP) is 3.53. The van der Waals surface area contributed by atoms with Gasteiger partial charge in [-0.1, -0.05) is 37.5 Å². The molecule has 32 heavy (non-hydrogen) atoms. The van der Waals surface area contributed by atoms with Gasteiger partial charge < -0.3 is 10.6 Å². The van der Waals surface area contributed by atoms with Crippen LogP contribution >= 0.6 is 0 Å². The second-order valence-electron chi connectivity index (χ2n) is 8.34. The molecule has 0 saturated heterocycles. The molecular formula is C24H31N3O4S. The molecule has 1 saturated carbocycles. The molecule has 2 aromatic carbocycles. The third kappa shape index (κ3) is 6.32. The fourth-order valence-corrected chi connectivity index (χ4v) is 5.28. The monoisotopic (exact) mass is 457 g/mol. The number of sulfonamides is 1. The van der Waals surface area contributed by atoms with Crippen molar-refractivity contribution in [1.29, 1.82) is 0 Å². The van der Waals surface area contributed by atoms with E-state index in [1.165, 1.54) is 12.5 Å². The van der Waals surface area contributed by atoms with E-state index in [-0.39, 0.29) is 22.6 Å². The summed E-state index contributed by atoms with van der Waals surface area (Å²) in [6.45, 7) is 4.24. The second-order valence-corrected chi connectivity index (χ2v) is 9.99. The van der Waals surface area contributed by atoms with Crippen LogP contribution in [0.15, 0.2) is 47.4 Å².